The molecule has 2 aliphatic heterocycles. The molecule has 0 amide bonds. The lowest BCUT2D eigenvalue weighted by Gasteiger charge is -2.30. The second-order valence-corrected chi connectivity index (χ2v) is 22.3. The van der Waals surface area contributed by atoms with Gasteiger partial charge in [0.05, 0.1) is 65.4 Å². The van der Waals surface area contributed by atoms with Crippen LogP contribution in [-0.4, -0.2) is 158 Å². The second kappa shape index (κ2) is 24.7. The highest BCUT2D eigenvalue weighted by Gasteiger charge is 2.38. The molecule has 0 aliphatic carbocycles. The van der Waals surface area contributed by atoms with Crippen LogP contribution in [0.25, 0.3) is 34.4 Å². The average molecular weight is 1070 g/mol. The van der Waals surface area contributed by atoms with Crippen molar-refractivity contribution >= 4 is 19.7 Å². The molecule has 0 radical (unpaired) electrons. The van der Waals surface area contributed by atoms with Crippen LogP contribution < -0.4 is 28.4 Å². The molecular formula is C50H64N8O14S2. The molecule has 8 rings (SSSR count). The SMILES string of the molecule is COc1cccc(-c2nnc(CS(=O)(=O)[C@@H](C)[C@@H](O)C3CCOCC3)n2-c2c(OC)cccc2OC)n1.COc1cccc(-c2nnc(CS(=O)(=O)[C@H](C)[C@H](O)C3CCOCC3)n2-c2c(OC)cccc2OC)n1. The van der Waals surface area contributed by atoms with Crippen molar-refractivity contribution in [1.29, 1.82) is 0 Å². The van der Waals surface area contributed by atoms with E-state index in [2.05, 4.69) is 30.4 Å². The van der Waals surface area contributed by atoms with Crippen molar-refractivity contribution in [2.75, 3.05) is 69.1 Å². The van der Waals surface area contributed by atoms with Gasteiger partial charge in [-0.15, -0.1) is 20.4 Å². The Bertz CT molecular complexity index is 2800. The predicted molar refractivity (Wildman–Crippen MR) is 272 cm³/mol. The van der Waals surface area contributed by atoms with E-state index >= 15 is 0 Å². The highest BCUT2D eigenvalue weighted by atomic mass is 32.2. The van der Waals surface area contributed by atoms with Gasteiger partial charge < -0.3 is 48.1 Å². The highest BCUT2D eigenvalue weighted by Crippen LogP contribution is 2.39. The molecule has 2 aliphatic rings. The van der Waals surface area contributed by atoms with Gasteiger partial charge in [0.2, 0.25) is 11.8 Å². The molecule has 74 heavy (non-hydrogen) atoms. The number of sulfone groups is 2. The molecule has 0 unspecified atom stereocenters. The van der Waals surface area contributed by atoms with Crippen molar-refractivity contribution in [2.24, 2.45) is 11.8 Å². The van der Waals surface area contributed by atoms with Crippen molar-refractivity contribution in [3.05, 3.63) is 84.4 Å². The lowest BCUT2D eigenvalue weighted by molar-refractivity contribution is 0.00812. The fourth-order valence-corrected chi connectivity index (χ4v) is 11.9. The highest BCUT2D eigenvalue weighted by molar-refractivity contribution is 7.91. The summed E-state index contributed by atoms with van der Waals surface area (Å²) in [7, 11) is 1.33. The summed E-state index contributed by atoms with van der Waals surface area (Å²) >= 11 is 0. The largest absolute Gasteiger partial charge is 0.494 e. The number of hydrogen-bond acceptors (Lipinski definition) is 20. The lowest BCUT2D eigenvalue weighted by atomic mass is 9.92. The fraction of sp³-hybridized carbons (Fsp3) is 0.480. The Hall–Kier alpha value is -6.44. The van der Waals surface area contributed by atoms with E-state index in [0.717, 1.165) is 0 Å². The Morgan fingerprint density at radius 2 is 0.838 bits per heavy atom. The van der Waals surface area contributed by atoms with Crippen LogP contribution in [0.3, 0.4) is 0 Å². The zero-order chi connectivity index (χ0) is 53.2. The van der Waals surface area contributed by atoms with E-state index in [1.54, 1.807) is 81.9 Å². The Kier molecular flexibility index (Phi) is 18.5. The van der Waals surface area contributed by atoms with Crippen molar-refractivity contribution in [1.82, 2.24) is 39.5 Å². The van der Waals surface area contributed by atoms with E-state index in [1.165, 1.54) is 56.5 Å². The number of pyridine rings is 2. The summed E-state index contributed by atoms with van der Waals surface area (Å²) in [6, 6.07) is 20.8. The van der Waals surface area contributed by atoms with Crippen molar-refractivity contribution in [3.63, 3.8) is 0 Å². The van der Waals surface area contributed by atoms with Gasteiger partial charge in [0.1, 0.15) is 57.3 Å². The standard InChI is InChI=1S/2C25H32N4O7S/c2*1-16(24(30)17-11-13-36-14-12-17)37(31,32)15-21-27-28-25(18-7-5-10-22(26-18)35-4)29(21)23-19(33-2)8-6-9-20(23)34-3/h2*5-10,16-17,24,30H,11-15H2,1-4H3/t2*16-,24+/m10/s1. The van der Waals surface area contributed by atoms with Crippen LogP contribution in [0, 0.1) is 11.8 Å². The quantitative estimate of drug-likeness (QED) is 0.103. The number of methoxy groups -OCH3 is 6. The molecule has 6 heterocycles. The number of hydrogen-bond donors (Lipinski definition) is 2. The molecular weight excluding hydrogens is 1000 g/mol. The number of ether oxygens (including phenoxy) is 8. The van der Waals surface area contributed by atoms with Gasteiger partial charge in [0.15, 0.2) is 43.0 Å². The molecule has 2 N–H and O–H groups in total. The van der Waals surface area contributed by atoms with E-state index in [9.17, 15) is 27.0 Å². The minimum Gasteiger partial charge on any atom is -0.494 e. The van der Waals surface area contributed by atoms with E-state index in [1.807, 2.05) is 0 Å². The molecule has 6 aromatic rings. The fourth-order valence-electron chi connectivity index (χ4n) is 8.96. The number of para-hydroxylation sites is 2. The van der Waals surface area contributed by atoms with Gasteiger partial charge in [-0.3, -0.25) is 9.13 Å². The van der Waals surface area contributed by atoms with Crippen LogP contribution in [0.2, 0.25) is 0 Å². The average Bonchev–Trinajstić information content (AvgIpc) is 4.05. The number of aliphatic hydroxyl groups is 2. The second-order valence-electron chi connectivity index (χ2n) is 17.6. The number of nitrogens with zero attached hydrogens (tertiary/aromatic N) is 8. The first-order valence-electron chi connectivity index (χ1n) is 23.9. The van der Waals surface area contributed by atoms with Gasteiger partial charge >= 0.3 is 0 Å². The normalized spacial score (nSPS) is 16.2. The molecule has 0 spiro atoms. The summed E-state index contributed by atoms with van der Waals surface area (Å²) in [6.45, 7) is 5.09. The maximum absolute atomic E-state index is 13.6. The maximum Gasteiger partial charge on any atom is 0.213 e. The first kappa shape index (κ1) is 55.3. The monoisotopic (exact) mass is 1060 g/mol. The molecule has 22 nitrogen and oxygen atoms in total. The van der Waals surface area contributed by atoms with Crippen molar-refractivity contribution in [3.8, 4) is 69.2 Å². The van der Waals surface area contributed by atoms with Crippen LogP contribution in [0.1, 0.15) is 51.2 Å². The first-order chi connectivity index (χ1) is 35.6. The van der Waals surface area contributed by atoms with E-state index in [0.29, 0.717) is 110 Å². The Morgan fingerprint density at radius 3 is 1.15 bits per heavy atom. The topological polar surface area (TPSA) is 270 Å². The molecule has 400 valence electrons. The Balaban J connectivity index is 0.000000216. The van der Waals surface area contributed by atoms with E-state index in [4.69, 9.17) is 37.9 Å². The predicted octanol–water partition coefficient (Wildman–Crippen LogP) is 4.89. The van der Waals surface area contributed by atoms with Crippen LogP contribution in [0.15, 0.2) is 72.8 Å². The first-order valence-corrected chi connectivity index (χ1v) is 27.3. The van der Waals surface area contributed by atoms with Gasteiger partial charge in [0.25, 0.3) is 0 Å². The number of rotatable bonds is 20. The zero-order valence-corrected chi connectivity index (χ0v) is 44.3. The van der Waals surface area contributed by atoms with Crippen molar-refractivity contribution in [2.45, 2.75) is 73.7 Å². The number of aromatic nitrogens is 8. The molecule has 24 heteroatoms. The summed E-state index contributed by atoms with van der Waals surface area (Å²) in [4.78, 5) is 8.93. The minimum atomic E-state index is -3.85. The van der Waals surface area contributed by atoms with E-state index in [-0.39, 0.29) is 35.1 Å². The van der Waals surface area contributed by atoms with Gasteiger partial charge in [0, 0.05) is 38.6 Å². The van der Waals surface area contributed by atoms with Gasteiger partial charge in [-0.25, -0.2) is 26.8 Å². The van der Waals surface area contributed by atoms with Crippen LogP contribution >= 0.6 is 0 Å². The molecule has 0 saturated carbocycles. The zero-order valence-electron chi connectivity index (χ0n) is 42.7. The lowest BCUT2D eigenvalue weighted by Crippen LogP contribution is -2.40. The summed E-state index contributed by atoms with van der Waals surface area (Å²) < 4.78 is 101. The smallest absolute Gasteiger partial charge is 0.213 e. The molecule has 2 fully saturated rings. The molecule has 4 atom stereocenters. The minimum absolute atomic E-state index is 0.133. The molecule has 0 bridgehead atoms. The van der Waals surface area contributed by atoms with Gasteiger partial charge in [-0.2, -0.15) is 0 Å². The Morgan fingerprint density at radius 1 is 0.514 bits per heavy atom. The molecule has 4 aromatic heterocycles. The molecule has 2 aromatic carbocycles. The van der Waals surface area contributed by atoms with E-state index < -0.39 is 53.9 Å². The number of aliphatic hydroxyl groups excluding tert-OH is 2. The van der Waals surface area contributed by atoms with Crippen LogP contribution in [-0.2, 0) is 40.7 Å². The summed E-state index contributed by atoms with van der Waals surface area (Å²) in [5.74, 6) is 2.03. The van der Waals surface area contributed by atoms with Crippen molar-refractivity contribution < 1.29 is 64.9 Å². The number of benzene rings is 2. The Labute approximate surface area is 430 Å². The summed E-state index contributed by atoms with van der Waals surface area (Å²) in [6.07, 6.45) is 0.404. The third-order valence-electron chi connectivity index (χ3n) is 13.3. The maximum atomic E-state index is 13.6. The van der Waals surface area contributed by atoms with Crippen LogP contribution in [0.4, 0.5) is 0 Å². The molecule has 2 saturated heterocycles. The van der Waals surface area contributed by atoms with Gasteiger partial charge in [-0.1, -0.05) is 24.3 Å². The third-order valence-corrected chi connectivity index (χ3v) is 17.4. The van der Waals surface area contributed by atoms with Crippen LogP contribution in [0.5, 0.6) is 34.8 Å². The van der Waals surface area contributed by atoms with Gasteiger partial charge in [-0.05, 0) is 87.8 Å². The summed E-state index contributed by atoms with van der Waals surface area (Å²) in [5.41, 5.74) is 1.69. The summed E-state index contributed by atoms with van der Waals surface area (Å²) in [5, 5.41) is 36.9. The third kappa shape index (κ3) is 12.2.